The molecule has 0 aliphatic carbocycles. The number of hydrogen-bond acceptors (Lipinski definition) is 4. The lowest BCUT2D eigenvalue weighted by molar-refractivity contribution is 0.0607. The van der Waals surface area contributed by atoms with Crippen molar-refractivity contribution >= 4 is 39.5 Å². The Kier molecular flexibility index (Phi) is 9.55. The first-order valence-corrected chi connectivity index (χ1v) is 19.2. The molecule has 3 aliphatic rings. The number of fused-ring (bicyclic) bond motifs is 3. The molecule has 1 N–H and O–H groups in total. The van der Waals surface area contributed by atoms with Gasteiger partial charge in [-0.1, -0.05) is 53.6 Å². The summed E-state index contributed by atoms with van der Waals surface area (Å²) in [6.07, 6.45) is 7.79. The summed E-state index contributed by atoms with van der Waals surface area (Å²) in [6.45, 7) is 10.7. The van der Waals surface area contributed by atoms with Gasteiger partial charge in [0.1, 0.15) is 16.8 Å². The van der Waals surface area contributed by atoms with Crippen LogP contribution in [0.2, 0.25) is 5.02 Å². The van der Waals surface area contributed by atoms with Crippen molar-refractivity contribution in [2.24, 2.45) is 0 Å². The Morgan fingerprint density at radius 3 is 2.42 bits per heavy atom. The lowest BCUT2D eigenvalue weighted by Crippen LogP contribution is -2.49. The maximum atomic E-state index is 13.9. The molecule has 254 valence electrons. The zero-order chi connectivity index (χ0) is 33.6. The van der Waals surface area contributed by atoms with Gasteiger partial charge in [-0.25, -0.2) is 13.9 Å². The number of likely N-dealkylation sites (tertiary alicyclic amines) is 1. The van der Waals surface area contributed by atoms with Gasteiger partial charge in [0, 0.05) is 37.3 Å². The van der Waals surface area contributed by atoms with Gasteiger partial charge in [0.25, 0.3) is 5.91 Å². The molecule has 7 rings (SSSR count). The minimum absolute atomic E-state index is 0.00451. The van der Waals surface area contributed by atoms with Gasteiger partial charge >= 0.3 is 0 Å². The number of para-hydroxylation sites is 2. The number of piperidine rings is 2. The number of benzene rings is 3. The zero-order valence-corrected chi connectivity index (χ0v) is 30.2. The highest BCUT2D eigenvalue weighted by Crippen LogP contribution is 2.45. The molecule has 4 aromatic rings. The fraction of sp³-hybridized carbons (Fsp3) is 0.487. The van der Waals surface area contributed by atoms with Gasteiger partial charge in [-0.15, -0.1) is 0 Å². The lowest BCUT2D eigenvalue weighted by Gasteiger charge is -2.46. The van der Waals surface area contributed by atoms with Crippen LogP contribution in [0.15, 0.2) is 71.6 Å². The average Bonchev–Trinajstić information content (AvgIpc) is 3.53. The first kappa shape index (κ1) is 33.5. The van der Waals surface area contributed by atoms with E-state index >= 15 is 0 Å². The smallest absolute Gasteiger partial charge is 0.255 e. The van der Waals surface area contributed by atoms with E-state index in [1.54, 1.807) is 18.2 Å². The number of imidazole rings is 1. The Balaban J connectivity index is 1.07. The molecular weight excluding hydrogens is 638 g/mol. The van der Waals surface area contributed by atoms with E-state index in [0.717, 1.165) is 37.1 Å². The van der Waals surface area contributed by atoms with Gasteiger partial charge in [0.05, 0.1) is 26.5 Å². The summed E-state index contributed by atoms with van der Waals surface area (Å²) < 4.78 is 18.3. The highest BCUT2D eigenvalue weighted by atomic mass is 35.5. The number of amides is 1. The normalized spacial score (nSPS) is 23.2. The molecule has 2 bridgehead atoms. The van der Waals surface area contributed by atoms with Crippen LogP contribution < -0.4 is 4.72 Å². The molecule has 9 heteroatoms. The zero-order valence-electron chi connectivity index (χ0n) is 28.6. The number of aryl methyl sites for hydroxylation is 2. The SMILES string of the molecule is Cc1cccc(C2(CCN3[C@@H]4CC[C@H]3CC(n3c(C)nc5ccccc53)C4)CCN(C(=O)c3cc(S(=O)NC(C)C)ccc3Cl)CC2)c1. The van der Waals surface area contributed by atoms with Crippen molar-refractivity contribution in [2.45, 2.75) is 107 Å². The van der Waals surface area contributed by atoms with Crippen LogP contribution >= 0.6 is 11.6 Å². The predicted molar refractivity (Wildman–Crippen MR) is 195 cm³/mol. The number of carbonyl (C=O) groups excluding carboxylic acids is 1. The van der Waals surface area contributed by atoms with Crippen LogP contribution in [0.3, 0.4) is 0 Å². The van der Waals surface area contributed by atoms with Crippen molar-refractivity contribution in [3.05, 3.63) is 94.3 Å². The van der Waals surface area contributed by atoms with Crippen LogP contribution in [0.5, 0.6) is 0 Å². The second-order valence-corrected chi connectivity index (χ2v) is 16.3. The molecule has 4 heterocycles. The third kappa shape index (κ3) is 6.49. The summed E-state index contributed by atoms with van der Waals surface area (Å²) in [6, 6.07) is 24.5. The quantitative estimate of drug-likeness (QED) is 0.196. The second-order valence-electron chi connectivity index (χ2n) is 14.6. The summed E-state index contributed by atoms with van der Waals surface area (Å²) in [7, 11) is -1.41. The van der Waals surface area contributed by atoms with E-state index in [0.29, 0.717) is 46.7 Å². The van der Waals surface area contributed by atoms with Gasteiger partial charge in [0.15, 0.2) is 0 Å². The third-order valence-corrected chi connectivity index (χ3v) is 12.9. The van der Waals surface area contributed by atoms with Crippen LogP contribution in [0.4, 0.5) is 0 Å². The van der Waals surface area contributed by atoms with Crippen LogP contribution in [0.25, 0.3) is 11.0 Å². The molecule has 1 aromatic heterocycles. The average molecular weight is 686 g/mol. The van der Waals surface area contributed by atoms with Crippen molar-refractivity contribution < 1.29 is 9.00 Å². The predicted octanol–water partition coefficient (Wildman–Crippen LogP) is 7.76. The van der Waals surface area contributed by atoms with E-state index in [2.05, 4.69) is 76.6 Å². The van der Waals surface area contributed by atoms with E-state index in [1.165, 1.54) is 42.3 Å². The monoisotopic (exact) mass is 685 g/mol. The fourth-order valence-corrected chi connectivity index (χ4v) is 10.0. The standard InChI is InChI=1S/C39H48ClN5O2S/c1-26(2)42-48(47)33-14-15-35(40)34(25-33)38(46)43-19-16-39(17-20-43,29-9-7-8-27(3)22-29)18-21-44-30-12-13-31(44)24-32(23-30)45-28(4)41-36-10-5-6-11-37(36)45/h5-11,14-15,22,25-26,30-32,42H,12-13,16-21,23-24H2,1-4H3/t30-,31+,32?,48?. The Bertz CT molecular complexity index is 1820. The van der Waals surface area contributed by atoms with Gasteiger partial charge in [-0.05, 0) is 120 Å². The van der Waals surface area contributed by atoms with Crippen LogP contribution in [-0.4, -0.2) is 67.2 Å². The summed E-state index contributed by atoms with van der Waals surface area (Å²) in [5, 5.41) is 0.401. The Labute approximate surface area is 292 Å². The minimum atomic E-state index is -1.41. The second kappa shape index (κ2) is 13.7. The first-order valence-electron chi connectivity index (χ1n) is 17.6. The van der Waals surface area contributed by atoms with E-state index in [4.69, 9.17) is 16.6 Å². The third-order valence-electron chi connectivity index (χ3n) is 11.2. The van der Waals surface area contributed by atoms with Crippen molar-refractivity contribution in [1.82, 2.24) is 24.1 Å². The number of hydrogen-bond donors (Lipinski definition) is 1. The van der Waals surface area contributed by atoms with Crippen LogP contribution in [0, 0.1) is 13.8 Å². The summed E-state index contributed by atoms with van der Waals surface area (Å²) in [4.78, 5) is 24.1. The molecule has 0 radical (unpaired) electrons. The highest BCUT2D eigenvalue weighted by molar-refractivity contribution is 7.83. The number of carbonyl (C=O) groups is 1. The molecular formula is C39H48ClN5O2S. The van der Waals surface area contributed by atoms with E-state index in [1.807, 2.05) is 18.7 Å². The molecule has 7 nitrogen and oxygen atoms in total. The molecule has 3 aromatic carbocycles. The highest BCUT2D eigenvalue weighted by Gasteiger charge is 2.44. The fourth-order valence-electron chi connectivity index (χ4n) is 8.82. The molecule has 3 fully saturated rings. The molecule has 0 saturated carbocycles. The van der Waals surface area contributed by atoms with Crippen molar-refractivity contribution in [2.75, 3.05) is 19.6 Å². The Morgan fingerprint density at radius 1 is 0.979 bits per heavy atom. The molecule has 48 heavy (non-hydrogen) atoms. The Hall–Kier alpha value is -3.04. The molecule has 1 amide bonds. The number of nitrogens with one attached hydrogen (secondary N) is 1. The van der Waals surface area contributed by atoms with Gasteiger partial charge in [-0.3, -0.25) is 9.69 Å². The number of nitrogens with zero attached hydrogens (tertiary/aromatic N) is 4. The summed E-state index contributed by atoms with van der Waals surface area (Å²) in [5.74, 6) is 1.05. The van der Waals surface area contributed by atoms with Crippen LogP contribution in [0.1, 0.15) is 92.1 Å². The van der Waals surface area contributed by atoms with E-state index in [-0.39, 0.29) is 17.4 Å². The Morgan fingerprint density at radius 2 is 1.71 bits per heavy atom. The summed E-state index contributed by atoms with van der Waals surface area (Å²) >= 11 is 6.56. The van der Waals surface area contributed by atoms with E-state index < -0.39 is 11.0 Å². The molecule has 2 unspecified atom stereocenters. The maximum Gasteiger partial charge on any atom is 0.255 e. The number of rotatable bonds is 9. The topological polar surface area (TPSA) is 70.5 Å². The number of aromatic nitrogens is 2. The lowest BCUT2D eigenvalue weighted by atomic mass is 9.70. The molecule has 4 atom stereocenters. The number of halogens is 1. The van der Waals surface area contributed by atoms with Gasteiger partial charge in [-0.2, -0.15) is 0 Å². The van der Waals surface area contributed by atoms with Crippen LogP contribution in [-0.2, 0) is 16.4 Å². The van der Waals surface area contributed by atoms with Crippen molar-refractivity contribution in [3.63, 3.8) is 0 Å². The maximum absolute atomic E-state index is 13.9. The largest absolute Gasteiger partial charge is 0.339 e. The minimum Gasteiger partial charge on any atom is -0.339 e. The molecule has 3 saturated heterocycles. The first-order chi connectivity index (χ1) is 23.1. The van der Waals surface area contributed by atoms with E-state index in [9.17, 15) is 9.00 Å². The van der Waals surface area contributed by atoms with Gasteiger partial charge < -0.3 is 9.47 Å². The van der Waals surface area contributed by atoms with Crippen molar-refractivity contribution in [1.29, 1.82) is 0 Å². The summed E-state index contributed by atoms with van der Waals surface area (Å²) in [5.41, 5.74) is 5.47. The molecule has 0 spiro atoms. The molecule has 3 aliphatic heterocycles. The van der Waals surface area contributed by atoms with Crippen molar-refractivity contribution in [3.8, 4) is 0 Å². The van der Waals surface area contributed by atoms with Gasteiger partial charge in [0.2, 0.25) is 0 Å².